The molecule has 15 heavy (non-hydrogen) atoms. The zero-order valence-corrected chi connectivity index (χ0v) is 8.68. The molecule has 2 aromatic rings. The standard InChI is InChI=1S/C9H12N6/c1-6(2)3-4-15-7-8(10)11-5-12-9(7)13-14-15/h3,5H,4H2,1-2H3,(H2,10,11,12). The predicted octanol–water partition coefficient (Wildman–Crippen LogP) is 0.770. The van der Waals surface area contributed by atoms with Crippen molar-refractivity contribution in [1.29, 1.82) is 0 Å². The molecule has 6 heteroatoms. The molecule has 0 fully saturated rings. The molecule has 6 nitrogen and oxygen atoms in total. The topological polar surface area (TPSA) is 82.5 Å². The lowest BCUT2D eigenvalue weighted by Gasteiger charge is -1.99. The zero-order chi connectivity index (χ0) is 10.8. The first-order valence-electron chi connectivity index (χ1n) is 4.61. The molecule has 0 saturated carbocycles. The molecule has 0 amide bonds. The Bertz CT molecular complexity index is 508. The van der Waals surface area contributed by atoms with E-state index in [2.05, 4.69) is 20.3 Å². The van der Waals surface area contributed by atoms with Crippen LogP contribution in [0, 0.1) is 0 Å². The summed E-state index contributed by atoms with van der Waals surface area (Å²) in [5.41, 5.74) is 8.17. The Morgan fingerprint density at radius 3 is 3.00 bits per heavy atom. The number of nitrogen functional groups attached to an aromatic ring is 1. The molecule has 0 radical (unpaired) electrons. The maximum absolute atomic E-state index is 5.74. The first-order valence-corrected chi connectivity index (χ1v) is 4.61. The van der Waals surface area contributed by atoms with Gasteiger partial charge in [0.05, 0.1) is 6.54 Å². The second-order valence-electron chi connectivity index (χ2n) is 3.48. The molecule has 0 aliphatic carbocycles. The molecule has 2 rings (SSSR count). The first kappa shape index (κ1) is 9.57. The number of nitrogens with two attached hydrogens (primary N) is 1. The van der Waals surface area contributed by atoms with Crippen molar-refractivity contribution in [3.05, 3.63) is 18.0 Å². The molecule has 0 atom stereocenters. The van der Waals surface area contributed by atoms with Crippen LogP contribution in [0.5, 0.6) is 0 Å². The van der Waals surface area contributed by atoms with Crippen molar-refractivity contribution in [1.82, 2.24) is 25.0 Å². The van der Waals surface area contributed by atoms with Gasteiger partial charge in [0.1, 0.15) is 6.33 Å². The number of fused-ring (bicyclic) bond motifs is 1. The third kappa shape index (κ3) is 1.78. The second-order valence-corrected chi connectivity index (χ2v) is 3.48. The van der Waals surface area contributed by atoms with Crippen molar-refractivity contribution in [2.75, 3.05) is 5.73 Å². The van der Waals surface area contributed by atoms with Gasteiger partial charge < -0.3 is 5.73 Å². The molecule has 0 aromatic carbocycles. The SMILES string of the molecule is CC(C)=CCn1nnc2ncnc(N)c21. The van der Waals surface area contributed by atoms with Crippen LogP contribution in [0.3, 0.4) is 0 Å². The maximum atomic E-state index is 5.74. The Morgan fingerprint density at radius 2 is 2.27 bits per heavy atom. The van der Waals surface area contributed by atoms with Crippen LogP contribution in [-0.2, 0) is 6.54 Å². The van der Waals surface area contributed by atoms with Crippen LogP contribution >= 0.6 is 0 Å². The van der Waals surface area contributed by atoms with Gasteiger partial charge >= 0.3 is 0 Å². The summed E-state index contributed by atoms with van der Waals surface area (Å²) in [6.07, 6.45) is 3.43. The largest absolute Gasteiger partial charge is 0.382 e. The smallest absolute Gasteiger partial charge is 0.207 e. The molecular formula is C9H12N6. The minimum atomic E-state index is 0.409. The van der Waals surface area contributed by atoms with Gasteiger partial charge in [0.2, 0.25) is 5.65 Å². The van der Waals surface area contributed by atoms with E-state index in [1.165, 1.54) is 11.9 Å². The van der Waals surface area contributed by atoms with Crippen LogP contribution in [0.1, 0.15) is 13.8 Å². The summed E-state index contributed by atoms with van der Waals surface area (Å²) in [4.78, 5) is 7.90. The Morgan fingerprint density at radius 1 is 1.47 bits per heavy atom. The summed E-state index contributed by atoms with van der Waals surface area (Å²) in [6.45, 7) is 4.69. The van der Waals surface area contributed by atoms with Crippen molar-refractivity contribution < 1.29 is 0 Å². The Labute approximate surface area is 86.8 Å². The summed E-state index contributed by atoms with van der Waals surface area (Å²) in [5, 5.41) is 7.88. The molecule has 2 heterocycles. The van der Waals surface area contributed by atoms with E-state index in [4.69, 9.17) is 5.73 Å². The van der Waals surface area contributed by atoms with Crippen molar-refractivity contribution in [3.8, 4) is 0 Å². The molecule has 2 aromatic heterocycles. The number of allylic oxidation sites excluding steroid dienone is 2. The molecule has 0 unspecified atom stereocenters. The normalized spacial score (nSPS) is 10.5. The number of rotatable bonds is 2. The second kappa shape index (κ2) is 3.64. The molecule has 0 saturated heterocycles. The van der Waals surface area contributed by atoms with E-state index in [0.29, 0.717) is 23.5 Å². The molecule has 0 spiro atoms. The Balaban J connectivity index is 2.48. The monoisotopic (exact) mass is 204 g/mol. The third-order valence-electron chi connectivity index (χ3n) is 2.01. The number of anilines is 1. The highest BCUT2D eigenvalue weighted by Crippen LogP contribution is 2.13. The van der Waals surface area contributed by atoms with Crippen LogP contribution < -0.4 is 5.73 Å². The van der Waals surface area contributed by atoms with E-state index in [0.717, 1.165) is 0 Å². The van der Waals surface area contributed by atoms with Gasteiger partial charge in [-0.3, -0.25) is 0 Å². The van der Waals surface area contributed by atoms with Crippen LogP contribution in [0.25, 0.3) is 11.2 Å². The van der Waals surface area contributed by atoms with Gasteiger partial charge in [-0.25, -0.2) is 14.6 Å². The summed E-state index contributed by atoms with van der Waals surface area (Å²) in [7, 11) is 0. The van der Waals surface area contributed by atoms with Crippen molar-refractivity contribution in [3.63, 3.8) is 0 Å². The van der Waals surface area contributed by atoms with Crippen LogP contribution in [0.2, 0.25) is 0 Å². The molecular weight excluding hydrogens is 192 g/mol. The lowest BCUT2D eigenvalue weighted by Crippen LogP contribution is -2.02. The molecule has 0 bridgehead atoms. The van der Waals surface area contributed by atoms with E-state index in [1.54, 1.807) is 4.68 Å². The van der Waals surface area contributed by atoms with Crippen LogP contribution in [-0.4, -0.2) is 25.0 Å². The lowest BCUT2D eigenvalue weighted by molar-refractivity contribution is 0.680. The number of nitrogens with zero attached hydrogens (tertiary/aromatic N) is 5. The third-order valence-corrected chi connectivity index (χ3v) is 2.01. The van der Waals surface area contributed by atoms with Gasteiger partial charge in [-0.05, 0) is 13.8 Å². The molecule has 0 aliphatic rings. The highest BCUT2D eigenvalue weighted by atomic mass is 15.4. The highest BCUT2D eigenvalue weighted by Gasteiger charge is 2.08. The van der Waals surface area contributed by atoms with Gasteiger partial charge in [-0.1, -0.05) is 16.9 Å². The minimum Gasteiger partial charge on any atom is -0.382 e. The van der Waals surface area contributed by atoms with Crippen LogP contribution in [0.4, 0.5) is 5.82 Å². The fraction of sp³-hybridized carbons (Fsp3) is 0.333. The summed E-state index contributed by atoms with van der Waals surface area (Å²) in [6, 6.07) is 0. The highest BCUT2D eigenvalue weighted by molar-refractivity contribution is 5.80. The van der Waals surface area contributed by atoms with Gasteiger partial charge in [0, 0.05) is 0 Å². The average molecular weight is 204 g/mol. The first-order chi connectivity index (χ1) is 7.18. The number of hydrogen-bond donors (Lipinski definition) is 1. The van der Waals surface area contributed by atoms with E-state index < -0.39 is 0 Å². The van der Waals surface area contributed by atoms with E-state index in [-0.39, 0.29) is 0 Å². The van der Waals surface area contributed by atoms with Gasteiger partial charge in [0.25, 0.3) is 0 Å². The maximum Gasteiger partial charge on any atom is 0.207 e. The number of hydrogen-bond acceptors (Lipinski definition) is 5. The van der Waals surface area contributed by atoms with E-state index >= 15 is 0 Å². The quantitative estimate of drug-likeness (QED) is 0.730. The molecule has 2 N–H and O–H groups in total. The van der Waals surface area contributed by atoms with E-state index in [9.17, 15) is 0 Å². The van der Waals surface area contributed by atoms with Gasteiger partial charge in [-0.15, -0.1) is 5.10 Å². The molecule has 78 valence electrons. The van der Waals surface area contributed by atoms with Gasteiger partial charge in [-0.2, -0.15) is 0 Å². The fourth-order valence-corrected chi connectivity index (χ4v) is 1.24. The average Bonchev–Trinajstić information content (AvgIpc) is 2.59. The Kier molecular flexibility index (Phi) is 2.32. The van der Waals surface area contributed by atoms with E-state index in [1.807, 2.05) is 19.9 Å². The fourth-order valence-electron chi connectivity index (χ4n) is 1.24. The summed E-state index contributed by atoms with van der Waals surface area (Å²) >= 11 is 0. The zero-order valence-electron chi connectivity index (χ0n) is 8.68. The Hall–Kier alpha value is -1.98. The van der Waals surface area contributed by atoms with Crippen molar-refractivity contribution >= 4 is 17.0 Å². The predicted molar refractivity (Wildman–Crippen MR) is 57.0 cm³/mol. The summed E-state index contributed by atoms with van der Waals surface area (Å²) in [5.74, 6) is 0.409. The van der Waals surface area contributed by atoms with Crippen molar-refractivity contribution in [2.45, 2.75) is 20.4 Å². The molecule has 0 aliphatic heterocycles. The summed E-state index contributed by atoms with van der Waals surface area (Å²) < 4.78 is 1.69. The minimum absolute atomic E-state index is 0.409. The van der Waals surface area contributed by atoms with Crippen molar-refractivity contribution in [2.24, 2.45) is 0 Å². The van der Waals surface area contributed by atoms with Gasteiger partial charge in [0.15, 0.2) is 11.3 Å². The van der Waals surface area contributed by atoms with Crippen LogP contribution in [0.15, 0.2) is 18.0 Å². The number of aromatic nitrogens is 5. The lowest BCUT2D eigenvalue weighted by atomic mass is 10.3.